The summed E-state index contributed by atoms with van der Waals surface area (Å²) in [7, 11) is 0. The lowest BCUT2D eigenvalue weighted by Crippen LogP contribution is -2.27. The summed E-state index contributed by atoms with van der Waals surface area (Å²) in [4.78, 5) is 25.8. The predicted octanol–water partition coefficient (Wildman–Crippen LogP) is 1.40. The number of hydrogen-bond acceptors (Lipinski definition) is 3. The van der Waals surface area contributed by atoms with Crippen LogP contribution in [0.4, 0.5) is 11.4 Å². The van der Waals surface area contributed by atoms with E-state index in [2.05, 4.69) is 15.5 Å². The van der Waals surface area contributed by atoms with Crippen molar-refractivity contribution in [2.45, 2.75) is 6.42 Å². The van der Waals surface area contributed by atoms with Gasteiger partial charge in [0.2, 0.25) is 11.8 Å². The molecule has 2 amide bonds. The molecule has 6 nitrogen and oxygen atoms in total. The zero-order valence-corrected chi connectivity index (χ0v) is 10.7. The molecule has 20 heavy (non-hydrogen) atoms. The van der Waals surface area contributed by atoms with E-state index in [9.17, 15) is 9.59 Å². The number of para-hydroxylation sites is 1. The van der Waals surface area contributed by atoms with Gasteiger partial charge in [-0.05, 0) is 12.1 Å². The topological polar surface area (TPSA) is 78.1 Å². The summed E-state index contributed by atoms with van der Waals surface area (Å²) in [5.41, 5.74) is 1.44. The Morgan fingerprint density at radius 2 is 2.15 bits per heavy atom. The van der Waals surface area contributed by atoms with E-state index in [0.29, 0.717) is 12.2 Å². The second kappa shape index (κ2) is 5.16. The first-order valence-electron chi connectivity index (χ1n) is 6.39. The van der Waals surface area contributed by atoms with Gasteiger partial charge in [0.25, 0.3) is 0 Å². The van der Waals surface area contributed by atoms with Crippen LogP contribution in [0.1, 0.15) is 6.42 Å². The van der Waals surface area contributed by atoms with E-state index in [4.69, 9.17) is 0 Å². The molecule has 1 aliphatic heterocycles. The van der Waals surface area contributed by atoms with Crippen LogP contribution in [0, 0.1) is 5.92 Å². The molecule has 0 bridgehead atoms. The van der Waals surface area contributed by atoms with Gasteiger partial charge in [-0.1, -0.05) is 18.2 Å². The fraction of sp³-hybridized carbons (Fsp3) is 0.214. The number of aromatic amines is 1. The molecular formula is C14H14N4O2. The maximum absolute atomic E-state index is 12.1. The standard InChI is InChI=1S/C14H14N4O2/c19-13-6-10(14(20)17-11-7-15-16-8-11)9-18(13)12-4-2-1-3-5-12/h1-5,7-8,10H,6,9H2,(H,15,16)(H,17,20)/t10-/m1/s1. The van der Waals surface area contributed by atoms with E-state index < -0.39 is 0 Å². The SMILES string of the molecule is O=C(Nc1cn[nH]c1)[C@@H]1CC(=O)N(c2ccccc2)C1. The molecule has 0 unspecified atom stereocenters. The molecule has 0 spiro atoms. The number of nitrogens with one attached hydrogen (secondary N) is 2. The highest BCUT2D eigenvalue weighted by atomic mass is 16.2. The Balaban J connectivity index is 1.69. The molecule has 6 heteroatoms. The molecule has 2 heterocycles. The summed E-state index contributed by atoms with van der Waals surface area (Å²) in [6, 6.07) is 9.39. The van der Waals surface area contributed by atoms with Crippen LogP contribution in [-0.4, -0.2) is 28.6 Å². The van der Waals surface area contributed by atoms with Gasteiger partial charge < -0.3 is 10.2 Å². The van der Waals surface area contributed by atoms with Crippen molar-refractivity contribution in [1.29, 1.82) is 0 Å². The fourth-order valence-corrected chi connectivity index (χ4v) is 2.30. The highest BCUT2D eigenvalue weighted by Crippen LogP contribution is 2.25. The first-order chi connectivity index (χ1) is 9.74. The maximum Gasteiger partial charge on any atom is 0.229 e. The fourth-order valence-electron chi connectivity index (χ4n) is 2.30. The van der Waals surface area contributed by atoms with E-state index in [0.717, 1.165) is 5.69 Å². The normalized spacial score (nSPS) is 18.3. The van der Waals surface area contributed by atoms with Crippen LogP contribution >= 0.6 is 0 Å². The van der Waals surface area contributed by atoms with E-state index in [1.54, 1.807) is 11.1 Å². The number of carbonyl (C=O) groups excluding carboxylic acids is 2. The number of rotatable bonds is 3. The third kappa shape index (κ3) is 2.40. The highest BCUT2D eigenvalue weighted by molar-refractivity contribution is 6.03. The highest BCUT2D eigenvalue weighted by Gasteiger charge is 2.35. The van der Waals surface area contributed by atoms with Crippen molar-refractivity contribution in [3.05, 3.63) is 42.7 Å². The first kappa shape index (κ1) is 12.4. The molecule has 2 N–H and O–H groups in total. The average molecular weight is 270 g/mol. The first-order valence-corrected chi connectivity index (χ1v) is 6.39. The molecule has 1 fully saturated rings. The third-order valence-electron chi connectivity index (χ3n) is 3.33. The third-order valence-corrected chi connectivity index (χ3v) is 3.33. The van der Waals surface area contributed by atoms with Gasteiger partial charge in [-0.3, -0.25) is 14.7 Å². The summed E-state index contributed by atoms with van der Waals surface area (Å²) in [5, 5.41) is 9.13. The van der Waals surface area contributed by atoms with Crippen LogP contribution in [0.15, 0.2) is 42.7 Å². The number of aromatic nitrogens is 2. The van der Waals surface area contributed by atoms with Crippen molar-refractivity contribution in [3.8, 4) is 0 Å². The zero-order chi connectivity index (χ0) is 13.9. The van der Waals surface area contributed by atoms with Gasteiger partial charge in [-0.25, -0.2) is 0 Å². The van der Waals surface area contributed by atoms with Gasteiger partial charge in [0.15, 0.2) is 0 Å². The largest absolute Gasteiger partial charge is 0.323 e. The van der Waals surface area contributed by atoms with Crippen molar-refractivity contribution in [1.82, 2.24) is 10.2 Å². The van der Waals surface area contributed by atoms with Gasteiger partial charge >= 0.3 is 0 Å². The lowest BCUT2D eigenvalue weighted by molar-refractivity contribution is -0.122. The van der Waals surface area contributed by atoms with Crippen molar-refractivity contribution < 1.29 is 9.59 Å². The van der Waals surface area contributed by atoms with E-state index in [-0.39, 0.29) is 24.2 Å². The molecule has 1 aromatic heterocycles. The number of carbonyl (C=O) groups is 2. The van der Waals surface area contributed by atoms with Gasteiger partial charge in [-0.2, -0.15) is 5.10 Å². The molecule has 0 aliphatic carbocycles. The second-order valence-corrected chi connectivity index (χ2v) is 4.72. The van der Waals surface area contributed by atoms with Gasteiger partial charge in [0, 0.05) is 24.8 Å². The lowest BCUT2D eigenvalue weighted by atomic mass is 10.1. The summed E-state index contributed by atoms with van der Waals surface area (Å²) in [6.07, 6.45) is 3.37. The van der Waals surface area contributed by atoms with Crippen LogP contribution < -0.4 is 10.2 Å². The minimum atomic E-state index is -0.336. The molecule has 1 aliphatic rings. The minimum Gasteiger partial charge on any atom is -0.323 e. The van der Waals surface area contributed by atoms with Crippen LogP contribution in [0.25, 0.3) is 0 Å². The Morgan fingerprint density at radius 1 is 1.35 bits per heavy atom. The van der Waals surface area contributed by atoms with Crippen LogP contribution in [0.5, 0.6) is 0 Å². The molecule has 1 aromatic carbocycles. The summed E-state index contributed by atoms with van der Waals surface area (Å²) >= 11 is 0. The number of anilines is 2. The Bertz CT molecular complexity index is 609. The smallest absolute Gasteiger partial charge is 0.229 e. The van der Waals surface area contributed by atoms with E-state index in [1.165, 1.54) is 6.20 Å². The number of amides is 2. The maximum atomic E-state index is 12.1. The Kier molecular flexibility index (Phi) is 3.20. The van der Waals surface area contributed by atoms with Crippen LogP contribution in [0.3, 0.4) is 0 Å². The van der Waals surface area contributed by atoms with Crippen molar-refractivity contribution in [2.75, 3.05) is 16.8 Å². The minimum absolute atomic E-state index is 0.0245. The summed E-state index contributed by atoms with van der Waals surface area (Å²) in [6.45, 7) is 0.409. The number of hydrogen-bond donors (Lipinski definition) is 2. The summed E-state index contributed by atoms with van der Waals surface area (Å²) < 4.78 is 0. The molecule has 1 atom stereocenters. The Morgan fingerprint density at radius 3 is 2.85 bits per heavy atom. The van der Waals surface area contributed by atoms with E-state index >= 15 is 0 Å². The zero-order valence-electron chi connectivity index (χ0n) is 10.7. The predicted molar refractivity (Wildman–Crippen MR) is 74.1 cm³/mol. The van der Waals surface area contributed by atoms with Crippen molar-refractivity contribution in [3.63, 3.8) is 0 Å². The van der Waals surface area contributed by atoms with Crippen molar-refractivity contribution >= 4 is 23.2 Å². The number of benzene rings is 1. The molecule has 3 rings (SSSR count). The molecule has 1 saturated heterocycles. The van der Waals surface area contributed by atoms with Crippen LogP contribution in [0.2, 0.25) is 0 Å². The quantitative estimate of drug-likeness (QED) is 0.885. The average Bonchev–Trinajstić information content (AvgIpc) is 3.09. The van der Waals surface area contributed by atoms with Crippen molar-refractivity contribution in [2.24, 2.45) is 5.92 Å². The van der Waals surface area contributed by atoms with Gasteiger partial charge in [0.05, 0.1) is 17.8 Å². The van der Waals surface area contributed by atoms with E-state index in [1.807, 2.05) is 30.3 Å². The Labute approximate surface area is 115 Å². The molecule has 0 saturated carbocycles. The lowest BCUT2D eigenvalue weighted by Gasteiger charge is -2.16. The number of H-pyrrole nitrogens is 1. The monoisotopic (exact) mass is 270 g/mol. The Hall–Kier alpha value is -2.63. The molecule has 2 aromatic rings. The second-order valence-electron chi connectivity index (χ2n) is 4.72. The van der Waals surface area contributed by atoms with Gasteiger partial charge in [-0.15, -0.1) is 0 Å². The van der Waals surface area contributed by atoms with Gasteiger partial charge in [0.1, 0.15) is 0 Å². The number of nitrogens with zero attached hydrogens (tertiary/aromatic N) is 2. The molecule has 102 valence electrons. The molecule has 0 radical (unpaired) electrons. The van der Waals surface area contributed by atoms with Crippen LogP contribution in [-0.2, 0) is 9.59 Å². The summed E-state index contributed by atoms with van der Waals surface area (Å²) in [5.74, 6) is -0.515. The molecular weight excluding hydrogens is 256 g/mol.